The van der Waals surface area contributed by atoms with Crippen LogP contribution in [0.2, 0.25) is 0 Å². The van der Waals surface area contributed by atoms with Crippen molar-refractivity contribution in [3.8, 4) is 5.75 Å². The number of aryl methyl sites for hydroxylation is 2. The molecule has 0 aliphatic carbocycles. The van der Waals surface area contributed by atoms with E-state index in [1.54, 1.807) is 19.9 Å². The van der Waals surface area contributed by atoms with Crippen LogP contribution in [0, 0.1) is 13.8 Å². The van der Waals surface area contributed by atoms with E-state index in [1.807, 2.05) is 19.9 Å². The maximum Gasteiger partial charge on any atom is 0.244 e. The number of hydrogen-bond donors (Lipinski definition) is 1. The summed E-state index contributed by atoms with van der Waals surface area (Å²) in [5.41, 5.74) is 1.98. The van der Waals surface area contributed by atoms with Gasteiger partial charge in [0.15, 0.2) is 0 Å². The van der Waals surface area contributed by atoms with Crippen LogP contribution in [0.1, 0.15) is 51.2 Å². The highest BCUT2D eigenvalue weighted by molar-refractivity contribution is 7.89. The first-order valence-corrected chi connectivity index (χ1v) is 9.02. The van der Waals surface area contributed by atoms with E-state index in [2.05, 4.69) is 11.6 Å². The molecule has 0 aliphatic heterocycles. The Morgan fingerprint density at radius 3 is 2.33 bits per heavy atom. The molecule has 0 bridgehead atoms. The molecule has 0 aliphatic rings. The van der Waals surface area contributed by atoms with Crippen molar-refractivity contribution in [1.29, 1.82) is 0 Å². The fourth-order valence-electron chi connectivity index (χ4n) is 1.99. The summed E-state index contributed by atoms with van der Waals surface area (Å²) in [6, 6.07) is 3.36. The van der Waals surface area contributed by atoms with Gasteiger partial charge in [-0.05, 0) is 57.4 Å². The van der Waals surface area contributed by atoms with Crippen molar-refractivity contribution >= 4 is 10.0 Å². The van der Waals surface area contributed by atoms with E-state index < -0.39 is 10.0 Å². The normalized spacial score (nSPS) is 11.9. The number of benzene rings is 1. The highest BCUT2D eigenvalue weighted by atomic mass is 32.2. The number of rotatable bonds is 8. The SMILES string of the molecule is CCCCCOc1cc(C)c(C)cc1S(=O)(=O)NC(C)C. The van der Waals surface area contributed by atoms with Gasteiger partial charge in [-0.1, -0.05) is 19.8 Å². The zero-order chi connectivity index (χ0) is 16.0. The van der Waals surface area contributed by atoms with Crippen molar-refractivity contribution in [3.05, 3.63) is 23.3 Å². The van der Waals surface area contributed by atoms with Gasteiger partial charge in [0.1, 0.15) is 10.6 Å². The first-order valence-electron chi connectivity index (χ1n) is 7.54. The number of sulfonamides is 1. The predicted molar refractivity (Wildman–Crippen MR) is 86.4 cm³/mol. The third-order valence-corrected chi connectivity index (χ3v) is 4.93. The molecule has 120 valence electrons. The van der Waals surface area contributed by atoms with E-state index in [1.165, 1.54) is 0 Å². The monoisotopic (exact) mass is 313 g/mol. The molecule has 0 spiro atoms. The van der Waals surface area contributed by atoms with Gasteiger partial charge in [-0.15, -0.1) is 0 Å². The van der Waals surface area contributed by atoms with E-state index in [4.69, 9.17) is 4.74 Å². The lowest BCUT2D eigenvalue weighted by molar-refractivity contribution is 0.298. The first kappa shape index (κ1) is 18.0. The first-order chi connectivity index (χ1) is 9.77. The van der Waals surface area contributed by atoms with Gasteiger partial charge < -0.3 is 4.74 Å². The molecular weight excluding hydrogens is 286 g/mol. The molecule has 0 unspecified atom stereocenters. The molecule has 1 N–H and O–H groups in total. The van der Waals surface area contributed by atoms with Gasteiger partial charge in [0.2, 0.25) is 10.0 Å². The van der Waals surface area contributed by atoms with Crippen molar-refractivity contribution in [1.82, 2.24) is 4.72 Å². The zero-order valence-corrected chi connectivity index (χ0v) is 14.5. The molecule has 21 heavy (non-hydrogen) atoms. The third kappa shape index (κ3) is 5.32. The average Bonchev–Trinajstić information content (AvgIpc) is 2.36. The fourth-order valence-corrected chi connectivity index (χ4v) is 3.46. The maximum absolute atomic E-state index is 12.4. The number of ether oxygens (including phenoxy) is 1. The van der Waals surface area contributed by atoms with Crippen LogP contribution in [0.4, 0.5) is 0 Å². The molecule has 0 amide bonds. The number of unbranched alkanes of at least 4 members (excludes halogenated alkanes) is 2. The molecule has 0 saturated carbocycles. The highest BCUT2D eigenvalue weighted by Gasteiger charge is 2.21. The van der Waals surface area contributed by atoms with Gasteiger partial charge in [-0.2, -0.15) is 0 Å². The number of nitrogens with one attached hydrogen (secondary N) is 1. The van der Waals surface area contributed by atoms with Gasteiger partial charge in [0, 0.05) is 6.04 Å². The molecule has 0 atom stereocenters. The van der Waals surface area contributed by atoms with Crippen LogP contribution < -0.4 is 9.46 Å². The second-order valence-corrected chi connectivity index (χ2v) is 7.40. The van der Waals surface area contributed by atoms with Crippen molar-refractivity contribution in [2.24, 2.45) is 0 Å². The summed E-state index contributed by atoms with van der Waals surface area (Å²) in [5.74, 6) is 0.447. The summed E-state index contributed by atoms with van der Waals surface area (Å²) in [4.78, 5) is 0.232. The number of hydrogen-bond acceptors (Lipinski definition) is 3. The Labute approximate surface area is 129 Å². The van der Waals surface area contributed by atoms with Gasteiger partial charge in [0.25, 0.3) is 0 Å². The Kier molecular flexibility index (Phi) is 6.68. The minimum Gasteiger partial charge on any atom is -0.492 e. The summed E-state index contributed by atoms with van der Waals surface area (Å²) in [6.45, 7) is 10.1. The fraction of sp³-hybridized carbons (Fsp3) is 0.625. The van der Waals surface area contributed by atoms with Crippen LogP contribution in [0.15, 0.2) is 17.0 Å². The largest absolute Gasteiger partial charge is 0.492 e. The van der Waals surface area contributed by atoms with Crippen LogP contribution in [0.3, 0.4) is 0 Å². The second-order valence-electron chi connectivity index (χ2n) is 5.71. The van der Waals surface area contributed by atoms with Crippen LogP contribution in [-0.2, 0) is 10.0 Å². The quantitative estimate of drug-likeness (QED) is 0.747. The summed E-state index contributed by atoms with van der Waals surface area (Å²) in [6.07, 6.45) is 3.12. The van der Waals surface area contributed by atoms with Crippen molar-refractivity contribution in [2.75, 3.05) is 6.61 Å². The third-order valence-electron chi connectivity index (χ3n) is 3.25. The molecule has 1 aromatic rings. The summed E-state index contributed by atoms with van der Waals surface area (Å²) < 4.78 is 33.2. The molecule has 1 rings (SSSR count). The van der Waals surface area contributed by atoms with E-state index >= 15 is 0 Å². The van der Waals surface area contributed by atoms with Crippen LogP contribution in [0.25, 0.3) is 0 Å². The molecule has 4 nitrogen and oxygen atoms in total. The standard InChI is InChI=1S/C16H27NO3S/c1-6-7-8-9-20-15-10-13(4)14(5)11-16(15)21(18,19)17-12(2)3/h10-12,17H,6-9H2,1-5H3. The Bertz CT molecular complexity index is 565. The maximum atomic E-state index is 12.4. The van der Waals surface area contributed by atoms with Gasteiger partial charge in [-0.25, -0.2) is 13.1 Å². The minimum absolute atomic E-state index is 0.149. The highest BCUT2D eigenvalue weighted by Crippen LogP contribution is 2.28. The lowest BCUT2D eigenvalue weighted by Crippen LogP contribution is -2.30. The Morgan fingerprint density at radius 1 is 1.14 bits per heavy atom. The molecule has 0 fully saturated rings. The predicted octanol–water partition coefficient (Wildman–Crippen LogP) is 3.56. The van der Waals surface area contributed by atoms with Gasteiger partial charge in [-0.3, -0.25) is 0 Å². The molecular formula is C16H27NO3S. The van der Waals surface area contributed by atoms with Crippen molar-refractivity contribution < 1.29 is 13.2 Å². The second kappa shape index (κ2) is 7.80. The zero-order valence-electron chi connectivity index (χ0n) is 13.7. The summed E-state index contributed by atoms with van der Waals surface area (Å²) in [7, 11) is -3.55. The average molecular weight is 313 g/mol. The molecule has 0 aromatic heterocycles. The Hall–Kier alpha value is -1.07. The molecule has 1 aromatic carbocycles. The van der Waals surface area contributed by atoms with Crippen LogP contribution in [0.5, 0.6) is 5.75 Å². The lowest BCUT2D eigenvalue weighted by atomic mass is 10.1. The lowest BCUT2D eigenvalue weighted by Gasteiger charge is -2.16. The van der Waals surface area contributed by atoms with Crippen LogP contribution >= 0.6 is 0 Å². The summed E-state index contributed by atoms with van der Waals surface area (Å²) in [5, 5.41) is 0. The minimum atomic E-state index is -3.55. The Morgan fingerprint density at radius 2 is 1.76 bits per heavy atom. The molecule has 0 heterocycles. The van der Waals surface area contributed by atoms with Crippen LogP contribution in [-0.4, -0.2) is 21.1 Å². The van der Waals surface area contributed by atoms with E-state index in [0.717, 1.165) is 30.4 Å². The topological polar surface area (TPSA) is 55.4 Å². The van der Waals surface area contributed by atoms with Crippen molar-refractivity contribution in [3.63, 3.8) is 0 Å². The molecule has 5 heteroatoms. The van der Waals surface area contributed by atoms with Crippen molar-refractivity contribution in [2.45, 2.75) is 64.8 Å². The van der Waals surface area contributed by atoms with E-state index in [9.17, 15) is 8.42 Å². The van der Waals surface area contributed by atoms with Gasteiger partial charge >= 0.3 is 0 Å². The Balaban J connectivity index is 3.08. The smallest absolute Gasteiger partial charge is 0.244 e. The molecule has 0 saturated heterocycles. The van der Waals surface area contributed by atoms with Gasteiger partial charge in [0.05, 0.1) is 6.61 Å². The van der Waals surface area contributed by atoms with E-state index in [-0.39, 0.29) is 10.9 Å². The van der Waals surface area contributed by atoms with E-state index in [0.29, 0.717) is 12.4 Å². The molecule has 0 radical (unpaired) electrons. The summed E-state index contributed by atoms with van der Waals surface area (Å²) >= 11 is 0.